The summed E-state index contributed by atoms with van der Waals surface area (Å²) in [5.41, 5.74) is -0.879. The molecule has 0 bridgehead atoms. The Balaban J connectivity index is 2.66. The van der Waals surface area contributed by atoms with E-state index < -0.39 is 11.2 Å². The summed E-state index contributed by atoms with van der Waals surface area (Å²) in [4.78, 5) is 24.4. The minimum atomic E-state index is -0.447. The molecular formula is C8H10BrClN2O3. The van der Waals surface area contributed by atoms with Crippen LogP contribution in [0.4, 0.5) is 0 Å². The van der Waals surface area contributed by atoms with Crippen LogP contribution >= 0.6 is 27.5 Å². The second-order valence-electron chi connectivity index (χ2n) is 2.73. The van der Waals surface area contributed by atoms with Gasteiger partial charge in [-0.1, -0.05) is 0 Å². The third-order valence-corrected chi connectivity index (χ3v) is 2.38. The van der Waals surface area contributed by atoms with Crippen molar-refractivity contribution in [2.45, 2.75) is 6.54 Å². The zero-order chi connectivity index (χ0) is 11.3. The average Bonchev–Trinajstić information content (AvgIpc) is 2.20. The van der Waals surface area contributed by atoms with Crippen molar-refractivity contribution in [3.8, 4) is 0 Å². The van der Waals surface area contributed by atoms with E-state index in [2.05, 4.69) is 20.9 Å². The van der Waals surface area contributed by atoms with E-state index in [-0.39, 0.29) is 0 Å². The van der Waals surface area contributed by atoms with Crippen LogP contribution in [-0.2, 0) is 11.3 Å². The molecule has 5 nitrogen and oxygen atoms in total. The van der Waals surface area contributed by atoms with Gasteiger partial charge < -0.3 is 4.74 Å². The summed E-state index contributed by atoms with van der Waals surface area (Å²) in [6.07, 6.45) is 1.44. The number of hydrogen-bond acceptors (Lipinski definition) is 3. The van der Waals surface area contributed by atoms with Gasteiger partial charge in [0.2, 0.25) is 0 Å². The molecule has 0 aliphatic rings. The van der Waals surface area contributed by atoms with E-state index in [0.29, 0.717) is 30.1 Å². The predicted molar refractivity (Wildman–Crippen MR) is 60.6 cm³/mol. The maximum absolute atomic E-state index is 11.3. The number of alkyl halides is 1. The lowest BCUT2D eigenvalue weighted by Gasteiger charge is -2.05. The van der Waals surface area contributed by atoms with Gasteiger partial charge in [0, 0.05) is 12.1 Å². The normalized spacial score (nSPS) is 10.5. The van der Waals surface area contributed by atoms with Gasteiger partial charge in [-0.15, -0.1) is 11.6 Å². The zero-order valence-corrected chi connectivity index (χ0v) is 10.2. The Labute approximate surface area is 99.1 Å². The number of hydrogen-bond donors (Lipinski definition) is 1. The lowest BCUT2D eigenvalue weighted by Crippen LogP contribution is -2.31. The Morgan fingerprint density at radius 2 is 2.20 bits per heavy atom. The minimum Gasteiger partial charge on any atom is -0.378 e. The number of rotatable bonds is 5. The fourth-order valence-corrected chi connectivity index (χ4v) is 1.42. The molecule has 0 aliphatic heterocycles. The molecular weight excluding hydrogens is 287 g/mol. The van der Waals surface area contributed by atoms with E-state index >= 15 is 0 Å². The molecule has 0 aliphatic carbocycles. The lowest BCUT2D eigenvalue weighted by atomic mass is 10.6. The highest BCUT2D eigenvalue weighted by molar-refractivity contribution is 9.10. The minimum absolute atomic E-state index is 0.319. The highest BCUT2D eigenvalue weighted by atomic mass is 79.9. The maximum atomic E-state index is 11.3. The number of nitrogens with one attached hydrogen (secondary N) is 1. The van der Waals surface area contributed by atoms with E-state index in [4.69, 9.17) is 16.3 Å². The van der Waals surface area contributed by atoms with Crippen molar-refractivity contribution in [2.75, 3.05) is 19.1 Å². The van der Waals surface area contributed by atoms with Gasteiger partial charge in [-0.2, -0.15) is 0 Å². The molecule has 0 radical (unpaired) electrons. The third kappa shape index (κ3) is 3.81. The van der Waals surface area contributed by atoms with Gasteiger partial charge in [0.25, 0.3) is 5.56 Å². The van der Waals surface area contributed by atoms with Crippen molar-refractivity contribution in [1.29, 1.82) is 0 Å². The molecule has 15 heavy (non-hydrogen) atoms. The largest absolute Gasteiger partial charge is 0.378 e. The number of nitrogens with zero attached hydrogens (tertiary/aromatic N) is 1. The first kappa shape index (κ1) is 12.5. The molecule has 1 aromatic rings. The molecule has 0 amide bonds. The molecule has 0 saturated heterocycles. The summed E-state index contributed by atoms with van der Waals surface area (Å²) in [7, 11) is 0. The van der Waals surface area contributed by atoms with Crippen LogP contribution in [0, 0.1) is 0 Å². The summed E-state index contributed by atoms with van der Waals surface area (Å²) in [5, 5.41) is 0. The summed E-state index contributed by atoms with van der Waals surface area (Å²) in [5.74, 6) is 0.421. The molecule has 0 atom stereocenters. The van der Waals surface area contributed by atoms with Gasteiger partial charge in [-0.05, 0) is 15.9 Å². The molecule has 1 rings (SSSR count). The lowest BCUT2D eigenvalue weighted by molar-refractivity contribution is 0.139. The van der Waals surface area contributed by atoms with Crippen LogP contribution in [0.5, 0.6) is 0 Å². The fourth-order valence-electron chi connectivity index (χ4n) is 0.968. The van der Waals surface area contributed by atoms with Crippen molar-refractivity contribution in [3.05, 3.63) is 31.5 Å². The molecule has 0 fully saturated rings. The standard InChI is InChI=1S/C8H10BrClN2O3/c9-6-5-12(2-4-15-3-1-10)8(14)11-7(6)13/h5H,1-4H2,(H,11,13,14). The summed E-state index contributed by atoms with van der Waals surface area (Å²) in [6, 6.07) is 0. The molecule has 0 aromatic carbocycles. The van der Waals surface area contributed by atoms with Crippen LogP contribution in [0.2, 0.25) is 0 Å². The van der Waals surface area contributed by atoms with Crippen LogP contribution in [0.1, 0.15) is 0 Å². The van der Waals surface area contributed by atoms with Crippen molar-refractivity contribution in [3.63, 3.8) is 0 Å². The van der Waals surface area contributed by atoms with Crippen molar-refractivity contribution in [1.82, 2.24) is 9.55 Å². The summed E-state index contributed by atoms with van der Waals surface area (Å²) >= 11 is 8.45. The quantitative estimate of drug-likeness (QED) is 0.638. The molecule has 1 heterocycles. The SMILES string of the molecule is O=c1[nH]c(=O)n(CCOCCCl)cc1Br. The smallest absolute Gasteiger partial charge is 0.328 e. The number of ether oxygens (including phenoxy) is 1. The van der Waals surface area contributed by atoms with E-state index in [1.54, 1.807) is 0 Å². The fraction of sp³-hybridized carbons (Fsp3) is 0.500. The zero-order valence-electron chi connectivity index (χ0n) is 7.83. The van der Waals surface area contributed by atoms with Gasteiger partial charge in [-0.3, -0.25) is 14.3 Å². The van der Waals surface area contributed by atoms with Crippen LogP contribution in [0.25, 0.3) is 0 Å². The topological polar surface area (TPSA) is 64.1 Å². The highest BCUT2D eigenvalue weighted by Crippen LogP contribution is 1.97. The first-order chi connectivity index (χ1) is 7.15. The molecule has 0 unspecified atom stereocenters. The van der Waals surface area contributed by atoms with Crippen LogP contribution in [-0.4, -0.2) is 28.6 Å². The Morgan fingerprint density at radius 3 is 2.87 bits per heavy atom. The molecule has 1 N–H and O–H groups in total. The van der Waals surface area contributed by atoms with E-state index in [9.17, 15) is 9.59 Å². The first-order valence-electron chi connectivity index (χ1n) is 4.28. The average molecular weight is 298 g/mol. The van der Waals surface area contributed by atoms with Crippen molar-refractivity contribution in [2.24, 2.45) is 0 Å². The van der Waals surface area contributed by atoms with E-state index in [1.807, 2.05) is 0 Å². The maximum Gasteiger partial charge on any atom is 0.328 e. The van der Waals surface area contributed by atoms with Gasteiger partial charge in [0.15, 0.2) is 0 Å². The molecule has 0 saturated carbocycles. The number of halogens is 2. The Kier molecular flexibility index (Phi) is 5.07. The van der Waals surface area contributed by atoms with E-state index in [1.165, 1.54) is 10.8 Å². The highest BCUT2D eigenvalue weighted by Gasteiger charge is 2.01. The molecule has 0 spiro atoms. The number of aromatic amines is 1. The van der Waals surface area contributed by atoms with Crippen LogP contribution < -0.4 is 11.2 Å². The van der Waals surface area contributed by atoms with Crippen molar-refractivity contribution >= 4 is 27.5 Å². The molecule has 7 heteroatoms. The summed E-state index contributed by atoms with van der Waals surface area (Å²) in [6.45, 7) is 1.21. The van der Waals surface area contributed by atoms with Crippen molar-refractivity contribution < 1.29 is 4.74 Å². The van der Waals surface area contributed by atoms with Gasteiger partial charge in [-0.25, -0.2) is 4.79 Å². The molecule has 1 aromatic heterocycles. The first-order valence-corrected chi connectivity index (χ1v) is 5.61. The molecule has 84 valence electrons. The van der Waals surface area contributed by atoms with Gasteiger partial charge in [0.1, 0.15) is 0 Å². The predicted octanol–water partition coefficient (Wildman–Crippen LogP) is 0.554. The van der Waals surface area contributed by atoms with Gasteiger partial charge in [0.05, 0.1) is 24.2 Å². The van der Waals surface area contributed by atoms with Gasteiger partial charge >= 0.3 is 5.69 Å². The Hall–Kier alpha value is -0.590. The monoisotopic (exact) mass is 296 g/mol. The van der Waals surface area contributed by atoms with Crippen LogP contribution in [0.15, 0.2) is 20.3 Å². The number of aromatic nitrogens is 2. The van der Waals surface area contributed by atoms with Crippen LogP contribution in [0.3, 0.4) is 0 Å². The summed E-state index contributed by atoms with van der Waals surface area (Å²) < 4.78 is 6.79. The Bertz CT molecular complexity index is 429. The second kappa shape index (κ2) is 6.09. The van der Waals surface area contributed by atoms with E-state index in [0.717, 1.165) is 0 Å². The third-order valence-electron chi connectivity index (χ3n) is 1.67. The number of H-pyrrole nitrogens is 1. The Morgan fingerprint density at radius 1 is 1.47 bits per heavy atom. The second-order valence-corrected chi connectivity index (χ2v) is 3.96.